The van der Waals surface area contributed by atoms with Crippen LogP contribution in [-0.2, 0) is 11.2 Å². The van der Waals surface area contributed by atoms with Gasteiger partial charge >= 0.3 is 0 Å². The number of carbonyl (C=O) groups is 3. The molecule has 2 aliphatic rings. The number of hydrogen-bond acceptors (Lipinski definition) is 6. The summed E-state index contributed by atoms with van der Waals surface area (Å²) >= 11 is 1.34. The van der Waals surface area contributed by atoms with E-state index in [1.165, 1.54) is 11.3 Å². The highest BCUT2D eigenvalue weighted by atomic mass is 32.1. The van der Waals surface area contributed by atoms with Crippen molar-refractivity contribution in [3.8, 4) is 0 Å². The van der Waals surface area contributed by atoms with Crippen molar-refractivity contribution in [3.63, 3.8) is 0 Å². The Labute approximate surface area is 182 Å². The number of amides is 3. The summed E-state index contributed by atoms with van der Waals surface area (Å²) in [7, 11) is 2.06. The molecule has 1 saturated heterocycles. The lowest BCUT2D eigenvalue weighted by atomic mass is 10.1. The molecule has 0 aliphatic carbocycles. The van der Waals surface area contributed by atoms with E-state index in [1.54, 1.807) is 24.3 Å². The first-order chi connectivity index (χ1) is 15.0. The Morgan fingerprint density at radius 3 is 2.65 bits per heavy atom. The summed E-state index contributed by atoms with van der Waals surface area (Å²) in [5, 5.41) is 6.06. The summed E-state index contributed by atoms with van der Waals surface area (Å²) in [4.78, 5) is 45.6. The lowest BCUT2D eigenvalue weighted by molar-refractivity contribution is -0.115. The van der Waals surface area contributed by atoms with Crippen molar-refractivity contribution in [2.75, 3.05) is 43.9 Å². The van der Waals surface area contributed by atoms with Gasteiger partial charge in [0.2, 0.25) is 5.91 Å². The van der Waals surface area contributed by atoms with Crippen LogP contribution in [0.4, 0.5) is 10.8 Å². The standard InChI is InChI=1S/C22H21N5O3S/c1-26-6-8-27(9-7-26)21(30)14-3-5-17-18(11-14)31-22(24-17)25-20(29)13-2-4-16-15(10-13)12-19(28)23-16/h2-5,10-11H,6-9,12H2,1H3,(H,23,28)(H,24,25,29). The van der Waals surface area contributed by atoms with E-state index in [9.17, 15) is 14.4 Å². The molecule has 2 aliphatic heterocycles. The van der Waals surface area contributed by atoms with Crippen LogP contribution in [0.1, 0.15) is 26.3 Å². The van der Waals surface area contributed by atoms with E-state index in [2.05, 4.69) is 27.6 Å². The highest BCUT2D eigenvalue weighted by Crippen LogP contribution is 2.29. The summed E-state index contributed by atoms with van der Waals surface area (Å²) in [5.41, 5.74) is 3.40. The third kappa shape index (κ3) is 3.89. The molecular weight excluding hydrogens is 414 g/mol. The molecule has 0 unspecified atom stereocenters. The first kappa shape index (κ1) is 19.7. The van der Waals surface area contributed by atoms with E-state index in [-0.39, 0.29) is 24.1 Å². The number of likely N-dealkylation sites (N-methyl/N-ethyl adjacent to an activating group) is 1. The van der Waals surface area contributed by atoms with E-state index in [0.29, 0.717) is 16.3 Å². The Hall–Kier alpha value is -3.30. The predicted octanol–water partition coefficient (Wildman–Crippen LogP) is 2.43. The average Bonchev–Trinajstić information content (AvgIpc) is 3.33. The number of nitrogens with one attached hydrogen (secondary N) is 2. The summed E-state index contributed by atoms with van der Waals surface area (Å²) in [6.45, 7) is 3.19. The second kappa shape index (κ2) is 7.75. The minimum absolute atomic E-state index is 0.0234. The van der Waals surface area contributed by atoms with Crippen LogP contribution in [0.15, 0.2) is 36.4 Å². The molecule has 2 aromatic carbocycles. The van der Waals surface area contributed by atoms with Gasteiger partial charge in [0, 0.05) is 43.0 Å². The van der Waals surface area contributed by atoms with Crippen molar-refractivity contribution in [1.29, 1.82) is 0 Å². The number of fused-ring (bicyclic) bond motifs is 2. The zero-order valence-corrected chi connectivity index (χ0v) is 17.8. The maximum Gasteiger partial charge on any atom is 0.257 e. The Morgan fingerprint density at radius 1 is 1.06 bits per heavy atom. The number of benzene rings is 2. The fraction of sp³-hybridized carbons (Fsp3) is 0.273. The molecule has 0 saturated carbocycles. The maximum absolute atomic E-state index is 12.8. The second-order valence-corrected chi connectivity index (χ2v) is 8.88. The van der Waals surface area contributed by atoms with E-state index < -0.39 is 0 Å². The van der Waals surface area contributed by atoms with Gasteiger partial charge in [0.15, 0.2) is 5.13 Å². The van der Waals surface area contributed by atoms with Gasteiger partial charge in [-0.15, -0.1) is 0 Å². The van der Waals surface area contributed by atoms with Gasteiger partial charge in [-0.05, 0) is 49.0 Å². The zero-order chi connectivity index (χ0) is 21.5. The number of hydrogen-bond donors (Lipinski definition) is 2. The Kier molecular flexibility index (Phi) is 4.91. The molecule has 2 N–H and O–H groups in total. The van der Waals surface area contributed by atoms with Gasteiger partial charge in [-0.2, -0.15) is 0 Å². The van der Waals surface area contributed by atoms with Crippen LogP contribution in [0.25, 0.3) is 10.2 Å². The molecule has 0 atom stereocenters. The van der Waals surface area contributed by atoms with Crippen LogP contribution in [0.2, 0.25) is 0 Å². The first-order valence-corrected chi connectivity index (χ1v) is 10.9. The Bertz CT molecular complexity index is 1210. The average molecular weight is 436 g/mol. The predicted molar refractivity (Wildman–Crippen MR) is 120 cm³/mol. The van der Waals surface area contributed by atoms with Crippen molar-refractivity contribution in [3.05, 3.63) is 53.1 Å². The van der Waals surface area contributed by atoms with E-state index in [0.717, 1.165) is 47.6 Å². The molecule has 3 aromatic rings. The van der Waals surface area contributed by atoms with Crippen molar-refractivity contribution >= 4 is 50.1 Å². The van der Waals surface area contributed by atoms with E-state index in [4.69, 9.17) is 0 Å². The van der Waals surface area contributed by atoms with Crippen LogP contribution in [0.3, 0.4) is 0 Å². The van der Waals surface area contributed by atoms with Gasteiger partial charge in [-0.3, -0.25) is 19.7 Å². The number of rotatable bonds is 3. The Balaban J connectivity index is 1.32. The van der Waals surface area contributed by atoms with Crippen molar-refractivity contribution < 1.29 is 14.4 Å². The van der Waals surface area contributed by atoms with Crippen LogP contribution in [-0.4, -0.2) is 65.7 Å². The van der Waals surface area contributed by atoms with Crippen LogP contribution < -0.4 is 10.6 Å². The molecule has 1 fully saturated rings. The van der Waals surface area contributed by atoms with Gasteiger partial charge in [-0.25, -0.2) is 4.98 Å². The largest absolute Gasteiger partial charge is 0.336 e. The summed E-state index contributed by atoms with van der Waals surface area (Å²) in [6, 6.07) is 10.6. The SMILES string of the molecule is CN1CCN(C(=O)c2ccc3nc(NC(=O)c4ccc5c(c4)CC(=O)N5)sc3c2)CC1. The molecular formula is C22H21N5O3S. The third-order valence-corrected chi connectivity index (χ3v) is 6.57. The topological polar surface area (TPSA) is 94.6 Å². The molecule has 3 amide bonds. The fourth-order valence-electron chi connectivity index (χ4n) is 3.84. The van der Waals surface area contributed by atoms with E-state index >= 15 is 0 Å². The van der Waals surface area contributed by atoms with Crippen molar-refractivity contribution in [2.24, 2.45) is 0 Å². The van der Waals surface area contributed by atoms with Crippen LogP contribution >= 0.6 is 11.3 Å². The lowest BCUT2D eigenvalue weighted by Crippen LogP contribution is -2.47. The number of aromatic nitrogens is 1. The highest BCUT2D eigenvalue weighted by molar-refractivity contribution is 7.22. The minimum Gasteiger partial charge on any atom is -0.336 e. The smallest absolute Gasteiger partial charge is 0.257 e. The number of carbonyl (C=O) groups excluding carboxylic acids is 3. The first-order valence-electron chi connectivity index (χ1n) is 10.1. The monoisotopic (exact) mass is 435 g/mol. The van der Waals surface area contributed by atoms with Gasteiger partial charge in [0.05, 0.1) is 16.6 Å². The normalized spacial score (nSPS) is 16.3. The van der Waals surface area contributed by atoms with Gasteiger partial charge in [-0.1, -0.05) is 11.3 Å². The molecule has 8 nitrogen and oxygen atoms in total. The van der Waals surface area contributed by atoms with Crippen molar-refractivity contribution in [2.45, 2.75) is 6.42 Å². The molecule has 31 heavy (non-hydrogen) atoms. The summed E-state index contributed by atoms with van der Waals surface area (Å²) in [5.74, 6) is -0.328. The number of nitrogens with zero attached hydrogens (tertiary/aromatic N) is 3. The molecule has 0 radical (unpaired) electrons. The highest BCUT2D eigenvalue weighted by Gasteiger charge is 2.22. The summed E-state index contributed by atoms with van der Waals surface area (Å²) in [6.07, 6.45) is 0.279. The van der Waals surface area contributed by atoms with Crippen molar-refractivity contribution in [1.82, 2.24) is 14.8 Å². The number of thiazole rings is 1. The maximum atomic E-state index is 12.8. The molecule has 1 aromatic heterocycles. The van der Waals surface area contributed by atoms with Gasteiger partial charge < -0.3 is 15.1 Å². The molecule has 0 bridgehead atoms. The van der Waals surface area contributed by atoms with Gasteiger partial charge in [0.25, 0.3) is 11.8 Å². The molecule has 158 valence electrons. The fourth-order valence-corrected chi connectivity index (χ4v) is 4.74. The number of piperazine rings is 1. The molecule has 9 heteroatoms. The van der Waals surface area contributed by atoms with Crippen LogP contribution in [0, 0.1) is 0 Å². The van der Waals surface area contributed by atoms with E-state index in [1.807, 2.05) is 17.0 Å². The second-order valence-electron chi connectivity index (χ2n) is 7.85. The minimum atomic E-state index is -0.282. The molecule has 0 spiro atoms. The zero-order valence-electron chi connectivity index (χ0n) is 17.0. The van der Waals surface area contributed by atoms with Gasteiger partial charge in [0.1, 0.15) is 0 Å². The lowest BCUT2D eigenvalue weighted by Gasteiger charge is -2.32. The molecule has 3 heterocycles. The summed E-state index contributed by atoms with van der Waals surface area (Å²) < 4.78 is 0.846. The van der Waals surface area contributed by atoms with Crippen LogP contribution in [0.5, 0.6) is 0 Å². The molecule has 5 rings (SSSR count). The quantitative estimate of drug-likeness (QED) is 0.659. The number of anilines is 2. The third-order valence-electron chi connectivity index (χ3n) is 5.64. The Morgan fingerprint density at radius 2 is 1.84 bits per heavy atom.